The Bertz CT molecular complexity index is 482. The average molecular weight is 270 g/mol. The first-order valence-electron chi connectivity index (χ1n) is 5.65. The highest BCUT2D eigenvalue weighted by Gasteiger charge is 2.30. The Hall–Kier alpha value is -1.27. The number of rotatable bonds is 5. The third-order valence-electron chi connectivity index (χ3n) is 2.52. The first-order valence-corrected chi connectivity index (χ1v) is 6.29. The normalized spacial score (nSPS) is 14.0. The van der Waals surface area contributed by atoms with Gasteiger partial charge in [0.2, 0.25) is 0 Å². The van der Waals surface area contributed by atoms with Gasteiger partial charge in [0.1, 0.15) is 0 Å². The van der Waals surface area contributed by atoms with Crippen molar-refractivity contribution in [1.29, 1.82) is 0 Å². The van der Waals surface area contributed by atoms with Crippen LogP contribution >= 0.6 is 12.6 Å². The van der Waals surface area contributed by atoms with E-state index in [0.717, 1.165) is 5.56 Å². The lowest BCUT2D eigenvalue weighted by Gasteiger charge is -2.23. The summed E-state index contributed by atoms with van der Waals surface area (Å²) in [5.74, 6) is -0.0178. The molecule has 0 bridgehead atoms. The fourth-order valence-electron chi connectivity index (χ4n) is 1.50. The molecular formula is C12H18N2O3S. The summed E-state index contributed by atoms with van der Waals surface area (Å²) in [6, 6.07) is 3.21. The number of nitrogens with one attached hydrogen (secondary N) is 1. The third kappa shape index (κ3) is 3.89. The molecule has 0 aliphatic carbocycles. The van der Waals surface area contributed by atoms with E-state index in [2.05, 4.69) is 17.9 Å². The summed E-state index contributed by atoms with van der Waals surface area (Å²) in [7, 11) is 0. The predicted molar refractivity (Wildman–Crippen MR) is 72.9 cm³/mol. The van der Waals surface area contributed by atoms with Crippen LogP contribution in [0.25, 0.3) is 0 Å². The summed E-state index contributed by atoms with van der Waals surface area (Å²) in [5, 5.41) is 12.6. The molecule has 18 heavy (non-hydrogen) atoms. The molecule has 1 heterocycles. The van der Waals surface area contributed by atoms with Gasteiger partial charge in [0.15, 0.2) is 5.60 Å². The second kappa shape index (κ2) is 6.06. The number of pyridine rings is 1. The zero-order chi connectivity index (χ0) is 13.8. The van der Waals surface area contributed by atoms with E-state index in [1.165, 1.54) is 17.6 Å². The Morgan fingerprint density at radius 3 is 2.83 bits per heavy atom. The lowest BCUT2D eigenvalue weighted by Crippen LogP contribution is -2.49. The van der Waals surface area contributed by atoms with Crippen LogP contribution < -0.4 is 10.9 Å². The van der Waals surface area contributed by atoms with Crippen molar-refractivity contribution in [2.45, 2.75) is 26.0 Å². The fraction of sp³-hybridized carbons (Fsp3) is 0.500. The minimum Gasteiger partial charge on any atom is -0.378 e. The number of hydrogen-bond donors (Lipinski definition) is 3. The number of carbonyl (C=O) groups is 1. The van der Waals surface area contributed by atoms with Crippen LogP contribution in [0, 0.1) is 6.92 Å². The number of carbonyl (C=O) groups excluding carboxylic acids is 1. The monoisotopic (exact) mass is 270 g/mol. The van der Waals surface area contributed by atoms with Gasteiger partial charge >= 0.3 is 0 Å². The summed E-state index contributed by atoms with van der Waals surface area (Å²) in [4.78, 5) is 23.4. The highest BCUT2D eigenvalue weighted by Crippen LogP contribution is 2.06. The van der Waals surface area contributed by atoms with Gasteiger partial charge in [-0.25, -0.2) is 0 Å². The fourth-order valence-corrected chi connectivity index (χ4v) is 1.61. The molecule has 1 atom stereocenters. The van der Waals surface area contributed by atoms with Gasteiger partial charge in [0, 0.05) is 24.6 Å². The SMILES string of the molecule is Cc1ccn(CC(C)(O)C(=O)NCCS)c(=O)c1. The highest BCUT2D eigenvalue weighted by atomic mass is 32.1. The maximum Gasteiger partial charge on any atom is 0.253 e. The number of amides is 1. The zero-order valence-corrected chi connectivity index (χ0v) is 11.4. The smallest absolute Gasteiger partial charge is 0.253 e. The zero-order valence-electron chi connectivity index (χ0n) is 10.5. The number of aromatic nitrogens is 1. The molecule has 100 valence electrons. The molecule has 2 N–H and O–H groups in total. The van der Waals surface area contributed by atoms with Crippen LogP contribution in [0.15, 0.2) is 23.1 Å². The van der Waals surface area contributed by atoms with E-state index >= 15 is 0 Å². The quantitative estimate of drug-likeness (QED) is 0.657. The minimum atomic E-state index is -1.62. The van der Waals surface area contributed by atoms with Crippen molar-refractivity contribution in [1.82, 2.24) is 9.88 Å². The average Bonchev–Trinajstić information content (AvgIpc) is 2.29. The molecule has 1 rings (SSSR count). The van der Waals surface area contributed by atoms with Crippen molar-refractivity contribution >= 4 is 18.5 Å². The molecule has 0 aliphatic rings. The Labute approximate surface area is 111 Å². The largest absolute Gasteiger partial charge is 0.378 e. The van der Waals surface area contributed by atoms with E-state index in [9.17, 15) is 14.7 Å². The molecule has 1 aromatic rings. The standard InChI is InChI=1S/C12H18N2O3S/c1-9-3-5-14(10(15)7-9)8-12(2,17)11(16)13-4-6-18/h3,5,7,17-18H,4,6,8H2,1-2H3,(H,13,16). The van der Waals surface area contributed by atoms with Gasteiger partial charge in [-0.3, -0.25) is 9.59 Å². The summed E-state index contributed by atoms with van der Waals surface area (Å²) in [5.41, 5.74) is -1.02. The summed E-state index contributed by atoms with van der Waals surface area (Å²) in [6.45, 7) is 3.49. The van der Waals surface area contributed by atoms with Crippen LogP contribution in [0.2, 0.25) is 0 Å². The minimum absolute atomic E-state index is 0.0789. The van der Waals surface area contributed by atoms with Gasteiger partial charge in [-0.05, 0) is 25.5 Å². The maximum absolute atomic E-state index is 11.7. The van der Waals surface area contributed by atoms with Crippen molar-refractivity contribution in [3.05, 3.63) is 34.2 Å². The van der Waals surface area contributed by atoms with Gasteiger partial charge < -0.3 is 15.0 Å². The number of aliphatic hydroxyl groups is 1. The Balaban J connectivity index is 2.81. The molecule has 1 aromatic heterocycles. The molecule has 0 aliphatic heterocycles. The van der Waals surface area contributed by atoms with E-state index in [-0.39, 0.29) is 12.1 Å². The molecule has 0 saturated carbocycles. The van der Waals surface area contributed by atoms with Crippen LogP contribution in [0.1, 0.15) is 12.5 Å². The predicted octanol–water partition coefficient (Wildman–Crippen LogP) is -0.0463. The molecule has 6 heteroatoms. The van der Waals surface area contributed by atoms with Crippen LogP contribution in [0.5, 0.6) is 0 Å². The second-order valence-corrected chi connectivity index (χ2v) is 4.87. The number of aryl methyl sites for hydroxylation is 1. The van der Waals surface area contributed by atoms with Crippen molar-refractivity contribution in [2.24, 2.45) is 0 Å². The molecular weight excluding hydrogens is 252 g/mol. The summed E-state index contributed by atoms with van der Waals surface area (Å²) >= 11 is 3.97. The molecule has 0 spiro atoms. The number of nitrogens with zero attached hydrogens (tertiary/aromatic N) is 1. The lowest BCUT2D eigenvalue weighted by atomic mass is 10.1. The van der Waals surface area contributed by atoms with Crippen LogP contribution in [0.3, 0.4) is 0 Å². The van der Waals surface area contributed by atoms with E-state index in [1.54, 1.807) is 12.3 Å². The van der Waals surface area contributed by atoms with Crippen LogP contribution in [-0.4, -0.2) is 33.5 Å². The molecule has 0 radical (unpaired) electrons. The molecule has 1 amide bonds. The first kappa shape index (κ1) is 14.8. The summed E-state index contributed by atoms with van der Waals surface area (Å²) < 4.78 is 1.31. The lowest BCUT2D eigenvalue weighted by molar-refractivity contribution is -0.139. The van der Waals surface area contributed by atoms with Crippen LogP contribution in [0.4, 0.5) is 0 Å². The van der Waals surface area contributed by atoms with Crippen molar-refractivity contribution in [2.75, 3.05) is 12.3 Å². The molecule has 0 aromatic carbocycles. The highest BCUT2D eigenvalue weighted by molar-refractivity contribution is 7.80. The summed E-state index contributed by atoms with van der Waals surface area (Å²) in [6.07, 6.45) is 1.57. The van der Waals surface area contributed by atoms with Gasteiger partial charge in [0.05, 0.1) is 6.54 Å². The molecule has 0 fully saturated rings. The molecule has 0 saturated heterocycles. The van der Waals surface area contributed by atoms with Crippen molar-refractivity contribution in [3.8, 4) is 0 Å². The third-order valence-corrected chi connectivity index (χ3v) is 2.74. The van der Waals surface area contributed by atoms with E-state index in [0.29, 0.717) is 12.3 Å². The van der Waals surface area contributed by atoms with Gasteiger partial charge in [-0.2, -0.15) is 12.6 Å². The van der Waals surface area contributed by atoms with Gasteiger partial charge in [-0.15, -0.1) is 0 Å². The Morgan fingerprint density at radius 1 is 1.61 bits per heavy atom. The van der Waals surface area contributed by atoms with E-state index < -0.39 is 11.5 Å². The molecule has 1 unspecified atom stereocenters. The Kier molecular flexibility index (Phi) is 4.98. The van der Waals surface area contributed by atoms with Gasteiger partial charge in [-0.1, -0.05) is 0 Å². The maximum atomic E-state index is 11.7. The van der Waals surface area contributed by atoms with Crippen molar-refractivity contribution < 1.29 is 9.90 Å². The van der Waals surface area contributed by atoms with E-state index in [4.69, 9.17) is 0 Å². The van der Waals surface area contributed by atoms with Crippen LogP contribution in [-0.2, 0) is 11.3 Å². The Morgan fingerprint density at radius 2 is 2.28 bits per heavy atom. The van der Waals surface area contributed by atoms with E-state index in [1.807, 2.05) is 6.92 Å². The second-order valence-electron chi connectivity index (χ2n) is 4.42. The molecule has 5 nitrogen and oxygen atoms in total. The van der Waals surface area contributed by atoms with Crippen molar-refractivity contribution in [3.63, 3.8) is 0 Å². The van der Waals surface area contributed by atoms with Gasteiger partial charge in [0.25, 0.3) is 11.5 Å². The first-order chi connectivity index (χ1) is 8.36. The number of thiol groups is 1. The topological polar surface area (TPSA) is 71.3 Å². The number of hydrogen-bond acceptors (Lipinski definition) is 4.